The fraction of sp³-hybridized carbons (Fsp3) is 0.440. The fourth-order valence-corrected chi connectivity index (χ4v) is 4.92. The summed E-state index contributed by atoms with van der Waals surface area (Å²) >= 11 is 1.47. The first-order valence-corrected chi connectivity index (χ1v) is 11.8. The van der Waals surface area contributed by atoms with Crippen LogP contribution >= 0.6 is 23.7 Å². The molecule has 0 N–H and O–H groups in total. The Morgan fingerprint density at radius 1 is 1.00 bits per heavy atom. The van der Waals surface area contributed by atoms with E-state index in [2.05, 4.69) is 50.8 Å². The molecule has 3 aromatic rings. The Bertz CT molecular complexity index is 1040. The second kappa shape index (κ2) is 12.2. The number of anilines is 1. The maximum Gasteiger partial charge on any atom is 0.233 e. The largest absolute Gasteiger partial charge is 0.495 e. The van der Waals surface area contributed by atoms with Gasteiger partial charge in [-0.05, 0) is 50.2 Å². The maximum absolute atomic E-state index is 13.5. The molecule has 0 aliphatic carbocycles. The number of benzene rings is 2. The lowest BCUT2D eigenvalue weighted by atomic mass is 10.0. The summed E-state index contributed by atoms with van der Waals surface area (Å²) in [6.45, 7) is 11.7. The summed E-state index contributed by atoms with van der Waals surface area (Å²) in [6, 6.07) is 9.96. The van der Waals surface area contributed by atoms with E-state index in [0.717, 1.165) is 46.7 Å². The molecule has 0 atom stereocenters. The van der Waals surface area contributed by atoms with Crippen LogP contribution in [0.2, 0.25) is 0 Å². The van der Waals surface area contributed by atoms with Crippen molar-refractivity contribution in [1.29, 1.82) is 0 Å². The van der Waals surface area contributed by atoms with E-state index in [-0.39, 0.29) is 18.3 Å². The van der Waals surface area contributed by atoms with Crippen LogP contribution in [0.1, 0.15) is 30.5 Å². The number of amides is 1. The summed E-state index contributed by atoms with van der Waals surface area (Å²) in [6.07, 6.45) is 0.342. The van der Waals surface area contributed by atoms with Gasteiger partial charge in [-0.2, -0.15) is 0 Å². The van der Waals surface area contributed by atoms with E-state index in [4.69, 9.17) is 14.5 Å². The molecule has 0 aliphatic rings. The minimum absolute atomic E-state index is 0. The highest BCUT2D eigenvalue weighted by Crippen LogP contribution is 2.40. The molecule has 180 valence electrons. The Labute approximate surface area is 206 Å². The van der Waals surface area contributed by atoms with Crippen LogP contribution in [0, 0.1) is 13.8 Å². The monoisotopic (exact) mass is 491 g/mol. The predicted molar refractivity (Wildman–Crippen MR) is 140 cm³/mol. The maximum atomic E-state index is 13.5. The molecule has 1 amide bonds. The summed E-state index contributed by atoms with van der Waals surface area (Å²) in [5.41, 5.74) is 4.10. The molecule has 0 unspecified atom stereocenters. The number of carbonyl (C=O) groups excluding carboxylic acids is 1. The van der Waals surface area contributed by atoms with E-state index in [1.807, 2.05) is 17.0 Å². The zero-order valence-electron chi connectivity index (χ0n) is 20.3. The summed E-state index contributed by atoms with van der Waals surface area (Å²) in [5.74, 6) is 1.45. The summed E-state index contributed by atoms with van der Waals surface area (Å²) in [4.78, 5) is 22.5. The highest BCUT2D eigenvalue weighted by Gasteiger charge is 2.23. The van der Waals surface area contributed by atoms with E-state index in [0.29, 0.717) is 23.8 Å². The van der Waals surface area contributed by atoms with Crippen molar-refractivity contribution in [2.75, 3.05) is 45.3 Å². The number of carbonyl (C=O) groups is 1. The third-order valence-electron chi connectivity index (χ3n) is 5.80. The molecule has 0 bridgehead atoms. The number of hydrogen-bond donors (Lipinski definition) is 0. The highest BCUT2D eigenvalue weighted by atomic mass is 35.5. The summed E-state index contributed by atoms with van der Waals surface area (Å²) < 4.78 is 11.9. The van der Waals surface area contributed by atoms with Gasteiger partial charge >= 0.3 is 0 Å². The van der Waals surface area contributed by atoms with Crippen molar-refractivity contribution in [3.63, 3.8) is 0 Å². The lowest BCUT2D eigenvalue weighted by molar-refractivity contribution is -0.118. The Morgan fingerprint density at radius 2 is 1.67 bits per heavy atom. The van der Waals surface area contributed by atoms with Gasteiger partial charge in [0.25, 0.3) is 0 Å². The van der Waals surface area contributed by atoms with E-state index >= 15 is 0 Å². The van der Waals surface area contributed by atoms with Crippen molar-refractivity contribution in [2.45, 2.75) is 34.1 Å². The molecule has 2 aromatic carbocycles. The molecule has 8 heteroatoms. The first kappa shape index (κ1) is 26.9. The van der Waals surface area contributed by atoms with Crippen LogP contribution in [0.25, 0.3) is 10.2 Å². The van der Waals surface area contributed by atoms with Gasteiger partial charge in [-0.1, -0.05) is 48.9 Å². The Kier molecular flexibility index (Phi) is 9.95. The molecular weight excluding hydrogens is 458 g/mol. The molecule has 1 heterocycles. The lowest BCUT2D eigenvalue weighted by Crippen LogP contribution is -2.39. The molecule has 1 aromatic heterocycles. The van der Waals surface area contributed by atoms with Gasteiger partial charge in [0.2, 0.25) is 5.91 Å². The van der Waals surface area contributed by atoms with Crippen molar-refractivity contribution >= 4 is 45.0 Å². The van der Waals surface area contributed by atoms with Gasteiger partial charge in [0, 0.05) is 13.1 Å². The minimum atomic E-state index is 0. The quantitative estimate of drug-likeness (QED) is 0.386. The van der Waals surface area contributed by atoms with Gasteiger partial charge in [-0.25, -0.2) is 4.98 Å². The number of nitrogens with zero attached hydrogens (tertiary/aromatic N) is 3. The van der Waals surface area contributed by atoms with Crippen LogP contribution in [-0.4, -0.2) is 56.2 Å². The number of thiazole rings is 1. The molecular formula is C25H34ClN3O3S. The number of methoxy groups -OCH3 is 2. The second-order valence-electron chi connectivity index (χ2n) is 7.82. The van der Waals surface area contributed by atoms with Crippen molar-refractivity contribution < 1.29 is 14.3 Å². The third kappa shape index (κ3) is 6.16. The van der Waals surface area contributed by atoms with E-state index < -0.39 is 0 Å². The molecule has 3 rings (SSSR count). The van der Waals surface area contributed by atoms with Crippen LogP contribution in [0.4, 0.5) is 5.13 Å². The van der Waals surface area contributed by atoms with Crippen LogP contribution < -0.4 is 14.4 Å². The van der Waals surface area contributed by atoms with E-state index in [9.17, 15) is 4.79 Å². The number of hydrogen-bond acceptors (Lipinski definition) is 6. The van der Waals surface area contributed by atoms with E-state index in [1.165, 1.54) is 16.9 Å². The van der Waals surface area contributed by atoms with Crippen LogP contribution in [0.3, 0.4) is 0 Å². The number of likely N-dealkylation sites (N-methyl/N-ethyl adjacent to an activating group) is 1. The zero-order chi connectivity index (χ0) is 23.3. The van der Waals surface area contributed by atoms with Gasteiger partial charge in [0.15, 0.2) is 5.13 Å². The van der Waals surface area contributed by atoms with Crippen LogP contribution in [0.5, 0.6) is 11.5 Å². The van der Waals surface area contributed by atoms with Crippen LogP contribution in [0.15, 0.2) is 30.3 Å². The van der Waals surface area contributed by atoms with E-state index in [1.54, 1.807) is 14.2 Å². The zero-order valence-corrected chi connectivity index (χ0v) is 21.9. The fourth-order valence-electron chi connectivity index (χ4n) is 3.80. The van der Waals surface area contributed by atoms with Crippen molar-refractivity contribution in [1.82, 2.24) is 9.88 Å². The molecule has 0 aliphatic heterocycles. The molecule has 0 saturated heterocycles. The number of ether oxygens (including phenoxy) is 2. The lowest BCUT2D eigenvalue weighted by Gasteiger charge is -2.25. The standard InChI is InChI=1S/C25H33N3O3S.ClH/c1-7-27(8-2)13-14-28(22(29)16-19-10-9-17(3)15-18(19)4)25-26-23-20(30-5)11-12-21(31-6)24(23)32-25;/h9-12,15H,7-8,13-14,16H2,1-6H3;1H. The average molecular weight is 492 g/mol. The van der Waals surface area contributed by atoms with Gasteiger partial charge in [-0.3, -0.25) is 9.69 Å². The molecule has 0 spiro atoms. The van der Waals surface area contributed by atoms with Crippen molar-refractivity contribution in [3.8, 4) is 11.5 Å². The Morgan fingerprint density at radius 3 is 2.27 bits per heavy atom. The number of aryl methyl sites for hydroxylation is 2. The van der Waals surface area contributed by atoms with Gasteiger partial charge in [-0.15, -0.1) is 12.4 Å². The van der Waals surface area contributed by atoms with Gasteiger partial charge in [0.05, 0.1) is 20.6 Å². The normalized spacial score (nSPS) is 10.9. The Balaban J connectivity index is 0.00000385. The topological polar surface area (TPSA) is 54.9 Å². The smallest absolute Gasteiger partial charge is 0.233 e. The molecule has 6 nitrogen and oxygen atoms in total. The highest BCUT2D eigenvalue weighted by molar-refractivity contribution is 7.22. The average Bonchev–Trinajstić information content (AvgIpc) is 3.23. The number of halogens is 1. The molecule has 33 heavy (non-hydrogen) atoms. The Hall–Kier alpha value is -2.35. The van der Waals surface area contributed by atoms with Crippen molar-refractivity contribution in [2.24, 2.45) is 0 Å². The summed E-state index contributed by atoms with van der Waals surface area (Å²) in [5, 5.41) is 0.671. The summed E-state index contributed by atoms with van der Waals surface area (Å²) in [7, 11) is 3.27. The molecule has 0 radical (unpaired) electrons. The van der Waals surface area contributed by atoms with Crippen LogP contribution in [-0.2, 0) is 11.2 Å². The number of rotatable bonds is 10. The first-order valence-electron chi connectivity index (χ1n) is 11.0. The minimum Gasteiger partial charge on any atom is -0.495 e. The first-order chi connectivity index (χ1) is 15.4. The molecule has 0 saturated carbocycles. The molecule has 0 fully saturated rings. The van der Waals surface area contributed by atoms with Gasteiger partial charge in [0.1, 0.15) is 21.7 Å². The van der Waals surface area contributed by atoms with Crippen molar-refractivity contribution in [3.05, 3.63) is 47.0 Å². The third-order valence-corrected chi connectivity index (χ3v) is 6.90. The number of aromatic nitrogens is 1. The SMILES string of the molecule is CCN(CC)CCN(C(=O)Cc1ccc(C)cc1C)c1nc2c(OC)ccc(OC)c2s1.Cl. The predicted octanol–water partition coefficient (Wildman–Crippen LogP) is 5.27. The van der Waals surface area contributed by atoms with Gasteiger partial charge < -0.3 is 14.4 Å². The second-order valence-corrected chi connectivity index (χ2v) is 8.80. The number of fused-ring (bicyclic) bond motifs is 1.